The Morgan fingerprint density at radius 2 is 2.17 bits per heavy atom. The summed E-state index contributed by atoms with van der Waals surface area (Å²) in [5.41, 5.74) is 0. The largest absolute Gasteiger partial charge is 0.379 e. The molecule has 12 heavy (non-hydrogen) atoms. The lowest BCUT2D eigenvalue weighted by Crippen LogP contribution is -2.54. The maximum absolute atomic E-state index is 5.31. The summed E-state index contributed by atoms with van der Waals surface area (Å²) in [7, 11) is 0. The van der Waals surface area contributed by atoms with E-state index in [4.69, 9.17) is 4.74 Å². The predicted molar refractivity (Wildman–Crippen MR) is 51.5 cm³/mol. The second kappa shape index (κ2) is 4.46. The summed E-state index contributed by atoms with van der Waals surface area (Å²) in [5.74, 6) is 2.50. The lowest BCUT2D eigenvalue weighted by Gasteiger charge is -2.36. The molecule has 0 amide bonds. The van der Waals surface area contributed by atoms with Gasteiger partial charge in [0.2, 0.25) is 0 Å². The summed E-state index contributed by atoms with van der Waals surface area (Å²) in [6, 6.07) is 0. The fourth-order valence-corrected chi connectivity index (χ4v) is 2.66. The van der Waals surface area contributed by atoms with E-state index in [0.717, 1.165) is 32.8 Å². The number of ether oxygens (including phenoxy) is 1. The van der Waals surface area contributed by atoms with E-state index in [1.54, 1.807) is 0 Å². The Kier molecular flexibility index (Phi) is 3.28. The molecule has 0 aromatic rings. The van der Waals surface area contributed by atoms with Gasteiger partial charge in [-0.3, -0.25) is 4.90 Å². The van der Waals surface area contributed by atoms with E-state index in [1.807, 2.05) is 0 Å². The van der Waals surface area contributed by atoms with Gasteiger partial charge in [0.15, 0.2) is 0 Å². The lowest BCUT2D eigenvalue weighted by atomic mass is 10.3. The molecule has 0 radical (unpaired) electrons. The normalized spacial score (nSPS) is 33.5. The van der Waals surface area contributed by atoms with Gasteiger partial charge in [0.05, 0.1) is 19.4 Å². The van der Waals surface area contributed by atoms with E-state index in [-0.39, 0.29) is 0 Å². The molecule has 0 aromatic heterocycles. The average molecular weight is 188 g/mol. The average Bonchev–Trinajstić information content (AvgIpc) is 2.21. The molecule has 2 aliphatic rings. The Bertz CT molecular complexity index is 117. The maximum atomic E-state index is 5.31. The first-order valence-corrected chi connectivity index (χ1v) is 5.75. The molecule has 2 fully saturated rings. The lowest BCUT2D eigenvalue weighted by molar-refractivity contribution is 0.0142. The van der Waals surface area contributed by atoms with Gasteiger partial charge in [-0.25, -0.2) is 0 Å². The van der Waals surface area contributed by atoms with Crippen molar-refractivity contribution in [3.05, 3.63) is 0 Å². The molecule has 0 aliphatic carbocycles. The standard InChI is InChI=1S/C8H16N2OS/c1-6-12-7-8(9-1)10-2-4-11-5-3-10/h8-9H,1-7H2. The Balaban J connectivity index is 1.80. The number of rotatable bonds is 1. The summed E-state index contributed by atoms with van der Waals surface area (Å²) < 4.78 is 5.31. The zero-order valence-corrected chi connectivity index (χ0v) is 8.11. The van der Waals surface area contributed by atoms with Gasteiger partial charge in [-0.2, -0.15) is 11.8 Å². The highest BCUT2D eigenvalue weighted by atomic mass is 32.2. The molecule has 0 saturated carbocycles. The van der Waals surface area contributed by atoms with Crippen molar-refractivity contribution in [2.75, 3.05) is 44.4 Å². The third kappa shape index (κ3) is 2.13. The molecule has 0 aromatic carbocycles. The zero-order valence-electron chi connectivity index (χ0n) is 7.29. The van der Waals surface area contributed by atoms with Crippen LogP contribution in [0.2, 0.25) is 0 Å². The Morgan fingerprint density at radius 1 is 1.33 bits per heavy atom. The van der Waals surface area contributed by atoms with Gasteiger partial charge in [0, 0.05) is 31.1 Å². The van der Waals surface area contributed by atoms with E-state index in [1.165, 1.54) is 11.5 Å². The molecule has 0 spiro atoms. The maximum Gasteiger partial charge on any atom is 0.0692 e. The highest BCUT2D eigenvalue weighted by Crippen LogP contribution is 2.12. The molecule has 0 bridgehead atoms. The Hall–Kier alpha value is 0.230. The topological polar surface area (TPSA) is 24.5 Å². The van der Waals surface area contributed by atoms with Crippen LogP contribution in [0.15, 0.2) is 0 Å². The van der Waals surface area contributed by atoms with Crippen LogP contribution in [0.5, 0.6) is 0 Å². The van der Waals surface area contributed by atoms with Crippen LogP contribution in [0, 0.1) is 0 Å². The first-order valence-electron chi connectivity index (χ1n) is 4.60. The molecular weight excluding hydrogens is 172 g/mol. The van der Waals surface area contributed by atoms with Crippen LogP contribution in [0.1, 0.15) is 0 Å². The molecule has 1 atom stereocenters. The molecule has 2 rings (SSSR count). The van der Waals surface area contributed by atoms with E-state index in [9.17, 15) is 0 Å². The molecule has 1 N–H and O–H groups in total. The number of hydrogen-bond donors (Lipinski definition) is 1. The van der Waals surface area contributed by atoms with Crippen LogP contribution in [0.25, 0.3) is 0 Å². The molecule has 2 saturated heterocycles. The van der Waals surface area contributed by atoms with Gasteiger partial charge >= 0.3 is 0 Å². The van der Waals surface area contributed by atoms with Gasteiger partial charge in [0.25, 0.3) is 0 Å². The van der Waals surface area contributed by atoms with Gasteiger partial charge in [-0.15, -0.1) is 0 Å². The Morgan fingerprint density at radius 3 is 2.83 bits per heavy atom. The van der Waals surface area contributed by atoms with E-state index < -0.39 is 0 Å². The van der Waals surface area contributed by atoms with Gasteiger partial charge in [0.1, 0.15) is 0 Å². The van der Waals surface area contributed by atoms with Gasteiger partial charge < -0.3 is 10.1 Å². The fourth-order valence-electron chi connectivity index (χ4n) is 1.68. The quantitative estimate of drug-likeness (QED) is 0.625. The van der Waals surface area contributed by atoms with E-state index >= 15 is 0 Å². The van der Waals surface area contributed by atoms with Crippen LogP contribution in [-0.4, -0.2) is 55.4 Å². The van der Waals surface area contributed by atoms with Crippen molar-refractivity contribution in [3.8, 4) is 0 Å². The van der Waals surface area contributed by atoms with Crippen molar-refractivity contribution in [2.24, 2.45) is 0 Å². The molecule has 3 nitrogen and oxygen atoms in total. The van der Waals surface area contributed by atoms with Crippen LogP contribution in [0.4, 0.5) is 0 Å². The minimum absolute atomic E-state index is 0.604. The predicted octanol–water partition coefficient (Wildman–Crippen LogP) is -0.0189. The minimum Gasteiger partial charge on any atom is -0.379 e. The summed E-state index contributed by atoms with van der Waals surface area (Å²) in [6.45, 7) is 5.16. The highest BCUT2D eigenvalue weighted by molar-refractivity contribution is 7.99. The number of nitrogens with one attached hydrogen (secondary N) is 1. The number of morpholine rings is 1. The number of nitrogens with zero attached hydrogens (tertiary/aromatic N) is 1. The monoisotopic (exact) mass is 188 g/mol. The van der Waals surface area contributed by atoms with Crippen LogP contribution < -0.4 is 5.32 Å². The van der Waals surface area contributed by atoms with Crippen molar-refractivity contribution in [2.45, 2.75) is 6.17 Å². The van der Waals surface area contributed by atoms with Crippen molar-refractivity contribution >= 4 is 11.8 Å². The zero-order chi connectivity index (χ0) is 8.23. The van der Waals surface area contributed by atoms with E-state index in [2.05, 4.69) is 22.0 Å². The summed E-state index contributed by atoms with van der Waals surface area (Å²) in [6.07, 6.45) is 0.604. The van der Waals surface area contributed by atoms with Gasteiger partial charge in [-0.05, 0) is 0 Å². The number of hydrogen-bond acceptors (Lipinski definition) is 4. The van der Waals surface area contributed by atoms with Crippen LogP contribution in [0.3, 0.4) is 0 Å². The highest BCUT2D eigenvalue weighted by Gasteiger charge is 2.22. The van der Waals surface area contributed by atoms with Crippen molar-refractivity contribution < 1.29 is 4.74 Å². The van der Waals surface area contributed by atoms with Crippen LogP contribution >= 0.6 is 11.8 Å². The van der Waals surface area contributed by atoms with Crippen molar-refractivity contribution in [1.82, 2.24) is 10.2 Å². The van der Waals surface area contributed by atoms with Crippen LogP contribution in [-0.2, 0) is 4.74 Å². The minimum atomic E-state index is 0.604. The van der Waals surface area contributed by atoms with Crippen molar-refractivity contribution in [1.29, 1.82) is 0 Å². The summed E-state index contributed by atoms with van der Waals surface area (Å²) >= 11 is 2.05. The smallest absolute Gasteiger partial charge is 0.0692 e. The first-order chi connectivity index (χ1) is 5.97. The molecular formula is C8H16N2OS. The Labute approximate surface area is 77.8 Å². The van der Waals surface area contributed by atoms with Crippen molar-refractivity contribution in [3.63, 3.8) is 0 Å². The summed E-state index contributed by atoms with van der Waals surface area (Å²) in [4.78, 5) is 2.50. The molecule has 1 unspecified atom stereocenters. The second-order valence-electron chi connectivity index (χ2n) is 3.19. The SMILES string of the molecule is C1CSCC(N2CCOCC2)N1. The molecule has 2 heterocycles. The second-order valence-corrected chi connectivity index (χ2v) is 4.34. The summed E-state index contributed by atoms with van der Waals surface area (Å²) in [5, 5.41) is 3.54. The van der Waals surface area contributed by atoms with E-state index in [0.29, 0.717) is 6.17 Å². The first kappa shape index (κ1) is 8.81. The fraction of sp³-hybridized carbons (Fsp3) is 1.00. The molecule has 70 valence electrons. The third-order valence-corrected chi connectivity index (χ3v) is 3.43. The number of thioether (sulfide) groups is 1. The molecule has 2 aliphatic heterocycles. The molecule has 4 heteroatoms. The van der Waals surface area contributed by atoms with Gasteiger partial charge in [-0.1, -0.05) is 0 Å². The third-order valence-electron chi connectivity index (χ3n) is 2.39.